The molecule has 121 heteroatoms. The van der Waals surface area contributed by atoms with E-state index in [0.717, 1.165) is 7.96 Å². The average Bonchev–Trinajstić information content (AvgIpc) is 0.700. The highest BCUT2D eigenvalue weighted by atomic mass is 33.7. The molecule has 0 bridgehead atoms. The van der Waals surface area contributed by atoms with E-state index in [9.17, 15) is 0 Å². The average molecular weight is 3870 g/mol. The van der Waals surface area contributed by atoms with Gasteiger partial charge < -0.3 is 0 Å². The van der Waals surface area contributed by atoms with Crippen LogP contribution in [-0.4, -0.2) is 0 Å². The molecule has 0 aliphatic heterocycles. The fourth-order valence-corrected chi connectivity index (χ4v) is 1830. The molecule has 0 rings (SSSR count). The van der Waals surface area contributed by atoms with Gasteiger partial charge in [-0.1, -0.05) is 7.96 Å². The van der Waals surface area contributed by atoms with Crippen molar-refractivity contribution in [1.29, 1.82) is 0 Å². The lowest BCUT2D eigenvalue weighted by Gasteiger charge is -2.65. The van der Waals surface area contributed by atoms with Gasteiger partial charge in [0.25, 0.3) is 0 Å². The minimum Gasteiger partial charge on any atom is -0.109 e. The molecule has 0 spiro atoms. The van der Waals surface area contributed by atoms with E-state index >= 15 is 0 Å². The van der Waals surface area contributed by atoms with Crippen molar-refractivity contribution < 1.29 is 0 Å². The molecule has 0 aromatic carbocycles. The quantitative estimate of drug-likeness (QED) is 0.0533. The first kappa shape index (κ1) is 173. The van der Waals surface area contributed by atoms with Crippen LogP contribution in [0.1, 0.15) is 0 Å². The first-order chi connectivity index (χ1) is 55.1. The molecule has 0 radical (unpaired) electrons. The van der Waals surface area contributed by atoms with Crippen LogP contribution in [0.4, 0.5) is 0 Å². The predicted molar refractivity (Wildman–Crippen MR) is 1010 cm³/mol. The van der Waals surface area contributed by atoms with Crippen LogP contribution in [0.5, 0.6) is 0 Å². The van der Waals surface area contributed by atoms with Crippen molar-refractivity contribution in [1.82, 2.24) is 0 Å². The molecule has 0 saturated carbocycles. The molecule has 121 heavy (non-hydrogen) atoms. The van der Waals surface area contributed by atoms with Gasteiger partial charge in [-0.05, 0) is 412 Å². The Kier molecular flexibility index (Phi) is 136. The van der Waals surface area contributed by atoms with Gasteiger partial charge in [-0.25, -0.2) is 0 Å². The van der Waals surface area contributed by atoms with Gasteiger partial charge in [0, 0.05) is 0 Å². The Labute approximate surface area is 948 Å². The summed E-state index contributed by atoms with van der Waals surface area (Å²) in [6.45, 7) is -32.5. The Morgan fingerprint density at radius 3 is 0.182 bits per heavy atom. The maximum atomic E-state index is 4.09. The summed E-state index contributed by atoms with van der Waals surface area (Å²) in [7, 11) is 240. The minimum atomic E-state index is -0.818. The van der Waals surface area contributed by atoms with Gasteiger partial charge in [0.1, 0.15) is 0 Å². The SMILES string of the molecule is PPP(P(P)P)P(P(P)P)P(P(P(P(P)P)P(P)P)P(P(P)P)P(P)P)P(P(P(P(P(P)P)P(P)P)P(P(P)P)P(P)P)P(P(P(P)P)P(P)P)P(P(P)P)P(P)P)P(P(P(P(P(P)P)P(P)P)P(P(P)P)P(P)P)P(P(P(P)P)P(P)P)P(P(P)P)P(P)P)P(P(P(P(P)P)P(P)P)P(P(P)P)P(P)P)P(P(P(P)P)P(P)P)P(P(P)P)P(P)P. The van der Waals surface area contributed by atoms with Crippen LogP contribution in [0, 0.1) is 0 Å². The second kappa shape index (κ2) is 95.1. The maximum Gasteiger partial charge on any atom is -0.000000173 e. The second-order valence-corrected chi connectivity index (χ2v) is 522. The van der Waals surface area contributed by atoms with Crippen LogP contribution in [0.15, 0.2) is 0 Å². The van der Waals surface area contributed by atoms with E-state index in [0.29, 0.717) is 0 Å². The Bertz CT molecular complexity index is 2130. The molecular weight excluding hydrogens is 3750 g/mol. The lowest BCUT2D eigenvalue weighted by atomic mass is 28.3. The van der Waals surface area contributed by atoms with Gasteiger partial charge in [0.05, 0.1) is 0 Å². The molecule has 0 N–H and O–H groups in total. The van der Waals surface area contributed by atoms with Crippen LogP contribution < -0.4 is 0 Å². The van der Waals surface area contributed by atoms with Gasteiger partial charge in [-0.2, -0.15) is 0 Å². The van der Waals surface area contributed by atoms with Gasteiger partial charge in [-0.15, -0.1) is 545 Å². The van der Waals surface area contributed by atoms with Crippen molar-refractivity contribution in [3.8, 4) is 0 Å². The zero-order valence-electron chi connectivity index (χ0n) is 62.1. The topological polar surface area (TPSA) is 0 Å². The molecule has 0 aromatic rings. The third-order valence-corrected chi connectivity index (χ3v) is 876. The Balaban J connectivity index is 16.7. The molecule has 0 aliphatic carbocycles. The highest BCUT2D eigenvalue weighted by molar-refractivity contribution is 9.63. The minimum absolute atomic E-state index is 0.439. The van der Waals surface area contributed by atoms with Gasteiger partial charge in [0.15, 0.2) is 0 Å². The van der Waals surface area contributed by atoms with Crippen LogP contribution in [-0.2, 0) is 0 Å². The van der Waals surface area contributed by atoms with Crippen LogP contribution in [0.25, 0.3) is 0 Å². The van der Waals surface area contributed by atoms with E-state index in [1.165, 1.54) is 0 Å². The summed E-state index contributed by atoms with van der Waals surface area (Å²) in [5, 5.41) is 0. The molecular formula is H123P121. The molecule has 0 saturated heterocycles. The summed E-state index contributed by atoms with van der Waals surface area (Å²) < 4.78 is 0. The lowest BCUT2D eigenvalue weighted by molar-refractivity contribution is 4.28. The lowest BCUT2D eigenvalue weighted by Crippen LogP contribution is -1.78. The molecule has 0 aliphatic rings. The zero-order chi connectivity index (χ0) is 95.8. The van der Waals surface area contributed by atoms with Crippen molar-refractivity contribution in [2.75, 3.05) is 0 Å². The van der Waals surface area contributed by atoms with E-state index in [4.69, 9.17) is 0 Å². The fraction of sp³-hybridized carbons (Fsp3) is 0. The normalized spacial score (nSPS) is 15.8. The molecule has 0 aromatic heterocycles. The summed E-state index contributed by atoms with van der Waals surface area (Å²) in [6, 6.07) is 0. The molecule has 66 atom stereocenters. The number of rotatable bonds is 59. The van der Waals surface area contributed by atoms with Crippen molar-refractivity contribution in [2.24, 2.45) is 0 Å². The van der Waals surface area contributed by atoms with E-state index in [2.05, 4.69) is 545 Å². The summed E-state index contributed by atoms with van der Waals surface area (Å²) in [6.07, 6.45) is 0. The van der Waals surface area contributed by atoms with Gasteiger partial charge in [-0.3, -0.25) is 0 Å². The standard InChI is InChI=1S/H123P121/c1-62-93(63(2)3)108(92(60)61)116(109(94(64(4)5)65(6)7)95(66(8)9)67(10)11)120(117(110(96(68(12)13)69(14)15)97(70(16)17)71(18)19)111(98(72(20)21)73(22)23)99(74(24)25)75(26)27)121(118(112(100(76(28)29)77(30)31)101(78(32)33)79(34)35)113(102(80(36)37)81(38)39)103(82(40)41)83(42)43)119(114(104(84(44)45)85(46)47)105(86(48)49)87(50)51)115(106(88(52)53)89(54)55)107(90(56)57)91(58)59/h62H,1-61H2. The van der Waals surface area contributed by atoms with Crippen LogP contribution in [0.3, 0.4) is 0 Å². The smallest absolute Gasteiger partial charge is 0.000000173 e. The van der Waals surface area contributed by atoms with Gasteiger partial charge >= 0.3 is 0 Å². The Morgan fingerprint density at radius 1 is 0.0744 bits per heavy atom. The van der Waals surface area contributed by atoms with E-state index in [1.54, 1.807) is 0 Å². The number of hydrogen-bond acceptors (Lipinski definition) is 0. The molecule has 0 amide bonds. The van der Waals surface area contributed by atoms with E-state index in [-0.39, 0.29) is 0 Å². The Hall–Kier alpha value is 52.0. The molecule has 66 unspecified atom stereocenters. The maximum absolute atomic E-state index is 4.09. The summed E-state index contributed by atoms with van der Waals surface area (Å²) in [5.41, 5.74) is 0. The summed E-state index contributed by atoms with van der Waals surface area (Å²) in [5.74, 6) is 0. The van der Waals surface area contributed by atoms with Crippen LogP contribution in [0.2, 0.25) is 0 Å². The fourth-order valence-electron chi connectivity index (χ4n) is 7.52. The molecule has 728 valence electrons. The first-order valence-corrected chi connectivity index (χ1v) is 248. The number of hydrogen-bond donors (Lipinski definition) is 0. The zero-order valence-corrected chi connectivity index (χ0v) is 186. The summed E-state index contributed by atoms with van der Waals surface area (Å²) >= 11 is 0. The molecule has 0 fully saturated rings. The monoisotopic (exact) mass is 3870 g/mol. The predicted octanol–water partition coefficient (Wildman–Crippen LogP) is 71.3. The summed E-state index contributed by atoms with van der Waals surface area (Å²) in [4.78, 5) is 0. The first-order valence-electron chi connectivity index (χ1n) is 27.6. The third kappa shape index (κ3) is 60.8. The van der Waals surface area contributed by atoms with Gasteiger partial charge in [0.2, 0.25) is 0 Å². The third-order valence-electron chi connectivity index (χ3n) is 10.8. The highest BCUT2D eigenvalue weighted by Gasteiger charge is 2.70. The molecule has 0 heterocycles. The second-order valence-electron chi connectivity index (χ2n) is 19.3. The largest absolute Gasteiger partial charge is 0.109 e. The van der Waals surface area contributed by atoms with Crippen molar-refractivity contribution in [2.45, 2.75) is 0 Å². The van der Waals surface area contributed by atoms with Crippen molar-refractivity contribution >= 4 is 965 Å². The molecule has 0 nitrogen and oxygen atoms in total. The van der Waals surface area contributed by atoms with E-state index in [1.807, 2.05) is 0 Å². The Morgan fingerprint density at radius 2 is 0.132 bits per heavy atom. The van der Waals surface area contributed by atoms with Crippen molar-refractivity contribution in [3.05, 3.63) is 0 Å². The highest BCUT2D eigenvalue weighted by Crippen LogP contribution is 3.57. The van der Waals surface area contributed by atoms with Crippen LogP contribution >= 0.6 is 965 Å². The van der Waals surface area contributed by atoms with E-state index < -0.39 is 412 Å². The van der Waals surface area contributed by atoms with Crippen molar-refractivity contribution in [3.63, 3.8) is 0 Å².